The number of phenolic OH excluding ortho intramolecular Hbond substituents is 1. The third kappa shape index (κ3) is 2.58. The Labute approximate surface area is 95.6 Å². The number of anilines is 1. The molecule has 0 amide bonds. The maximum atomic E-state index is 9.66. The first-order valence-electron chi connectivity index (χ1n) is 5.59. The van der Waals surface area contributed by atoms with Gasteiger partial charge in [-0.1, -0.05) is 0 Å². The zero-order valence-electron chi connectivity index (χ0n) is 9.52. The van der Waals surface area contributed by atoms with Crippen LogP contribution in [0.2, 0.25) is 0 Å². The van der Waals surface area contributed by atoms with Crippen LogP contribution in [-0.2, 0) is 0 Å². The molecule has 1 fully saturated rings. The van der Waals surface area contributed by atoms with Gasteiger partial charge in [0.1, 0.15) is 6.10 Å². The van der Waals surface area contributed by atoms with E-state index < -0.39 is 0 Å². The molecule has 0 aliphatic carbocycles. The highest BCUT2D eigenvalue weighted by Gasteiger charge is 2.19. The van der Waals surface area contributed by atoms with Crippen LogP contribution in [0.1, 0.15) is 12.8 Å². The Morgan fingerprint density at radius 1 is 1.38 bits per heavy atom. The molecule has 0 atom stereocenters. The number of nitrogens with zero attached hydrogens (tertiary/aromatic N) is 1. The fourth-order valence-electron chi connectivity index (χ4n) is 1.92. The van der Waals surface area contributed by atoms with Gasteiger partial charge in [0.25, 0.3) is 0 Å². The van der Waals surface area contributed by atoms with Crippen LogP contribution in [0.4, 0.5) is 5.69 Å². The Bertz CT molecular complexity index is 360. The van der Waals surface area contributed by atoms with Crippen LogP contribution in [0.15, 0.2) is 18.2 Å². The van der Waals surface area contributed by atoms with Gasteiger partial charge in [0.05, 0.1) is 0 Å². The van der Waals surface area contributed by atoms with Crippen LogP contribution >= 0.6 is 0 Å². The summed E-state index contributed by atoms with van der Waals surface area (Å²) in [4.78, 5) is 2.28. The van der Waals surface area contributed by atoms with Crippen molar-refractivity contribution in [2.24, 2.45) is 0 Å². The van der Waals surface area contributed by atoms with Crippen LogP contribution in [-0.4, -0.2) is 36.2 Å². The largest absolute Gasteiger partial charge is 0.504 e. The van der Waals surface area contributed by atoms with Crippen molar-refractivity contribution in [2.45, 2.75) is 18.9 Å². The van der Waals surface area contributed by atoms with Crippen LogP contribution in [0, 0.1) is 0 Å². The number of phenols is 1. The van der Waals surface area contributed by atoms with Gasteiger partial charge in [-0.15, -0.1) is 0 Å². The first kappa shape index (κ1) is 11.1. The number of aromatic hydroxyl groups is 1. The van der Waals surface area contributed by atoms with Gasteiger partial charge in [0.15, 0.2) is 11.5 Å². The number of rotatable bonds is 2. The van der Waals surface area contributed by atoms with Crippen molar-refractivity contribution in [3.05, 3.63) is 18.2 Å². The van der Waals surface area contributed by atoms with Gasteiger partial charge in [-0.25, -0.2) is 0 Å². The van der Waals surface area contributed by atoms with Crippen LogP contribution < -0.4 is 10.5 Å². The minimum absolute atomic E-state index is 0.124. The van der Waals surface area contributed by atoms with Crippen LogP contribution in [0.25, 0.3) is 0 Å². The lowest BCUT2D eigenvalue weighted by Gasteiger charge is -2.29. The number of hydrogen-bond donors (Lipinski definition) is 2. The fraction of sp³-hybridized carbons (Fsp3) is 0.500. The fourth-order valence-corrected chi connectivity index (χ4v) is 1.92. The number of hydrogen-bond acceptors (Lipinski definition) is 4. The molecule has 3 N–H and O–H groups in total. The number of nitrogen functional groups attached to an aromatic ring is 1. The molecule has 1 aromatic carbocycles. The summed E-state index contributed by atoms with van der Waals surface area (Å²) in [5, 5.41) is 9.66. The lowest BCUT2D eigenvalue weighted by molar-refractivity contribution is 0.111. The molecule has 0 aromatic heterocycles. The molecular weight excluding hydrogens is 204 g/mol. The molecule has 4 nitrogen and oxygen atoms in total. The Kier molecular flexibility index (Phi) is 3.19. The molecule has 16 heavy (non-hydrogen) atoms. The van der Waals surface area contributed by atoms with E-state index in [2.05, 4.69) is 11.9 Å². The summed E-state index contributed by atoms with van der Waals surface area (Å²) < 4.78 is 5.76. The normalized spacial score (nSPS) is 18.6. The zero-order valence-corrected chi connectivity index (χ0v) is 9.52. The first-order chi connectivity index (χ1) is 7.65. The molecule has 0 radical (unpaired) electrons. The Balaban J connectivity index is 1.98. The first-order valence-corrected chi connectivity index (χ1v) is 5.59. The Hall–Kier alpha value is -1.42. The molecule has 1 heterocycles. The van der Waals surface area contributed by atoms with Gasteiger partial charge in [0, 0.05) is 24.8 Å². The number of nitrogens with two attached hydrogens (primary N) is 1. The second-order valence-corrected chi connectivity index (χ2v) is 4.35. The van der Waals surface area contributed by atoms with Gasteiger partial charge >= 0.3 is 0 Å². The van der Waals surface area contributed by atoms with Crippen molar-refractivity contribution in [3.63, 3.8) is 0 Å². The zero-order chi connectivity index (χ0) is 11.5. The number of likely N-dealkylation sites (tertiary alicyclic amines) is 1. The van der Waals surface area contributed by atoms with Crippen molar-refractivity contribution in [2.75, 3.05) is 25.9 Å². The van der Waals surface area contributed by atoms with E-state index in [-0.39, 0.29) is 11.9 Å². The summed E-state index contributed by atoms with van der Waals surface area (Å²) in [7, 11) is 2.11. The van der Waals surface area contributed by atoms with Gasteiger partial charge in [0.2, 0.25) is 0 Å². The third-order valence-corrected chi connectivity index (χ3v) is 2.94. The molecule has 1 aromatic rings. The lowest BCUT2D eigenvalue weighted by Crippen LogP contribution is -2.35. The van der Waals surface area contributed by atoms with E-state index >= 15 is 0 Å². The predicted octanol–water partition coefficient (Wildman–Crippen LogP) is 1.45. The van der Waals surface area contributed by atoms with E-state index in [1.165, 1.54) is 6.07 Å². The van der Waals surface area contributed by atoms with Crippen molar-refractivity contribution < 1.29 is 9.84 Å². The molecule has 2 rings (SSSR count). The third-order valence-electron chi connectivity index (χ3n) is 2.94. The summed E-state index contributed by atoms with van der Waals surface area (Å²) in [6.07, 6.45) is 2.20. The lowest BCUT2D eigenvalue weighted by atomic mass is 10.1. The predicted molar refractivity (Wildman–Crippen MR) is 63.7 cm³/mol. The van der Waals surface area contributed by atoms with E-state index in [1.54, 1.807) is 12.1 Å². The SMILES string of the molecule is CN1CCC(Oc2ccc(N)cc2O)CC1. The molecule has 88 valence electrons. The summed E-state index contributed by atoms with van der Waals surface area (Å²) in [6.45, 7) is 2.08. The summed E-state index contributed by atoms with van der Waals surface area (Å²) in [5.41, 5.74) is 6.11. The summed E-state index contributed by atoms with van der Waals surface area (Å²) in [6, 6.07) is 4.98. The van der Waals surface area contributed by atoms with E-state index in [0.29, 0.717) is 11.4 Å². The second-order valence-electron chi connectivity index (χ2n) is 4.35. The van der Waals surface area contributed by atoms with Crippen molar-refractivity contribution in [3.8, 4) is 11.5 Å². The molecule has 0 unspecified atom stereocenters. The molecule has 0 spiro atoms. The standard InChI is InChI=1S/C12H18N2O2/c1-14-6-4-10(5-7-14)16-12-3-2-9(13)8-11(12)15/h2-3,8,10,15H,4-7,13H2,1H3. The number of ether oxygens (including phenoxy) is 1. The van der Waals surface area contributed by atoms with Crippen molar-refractivity contribution in [1.29, 1.82) is 0 Å². The highest BCUT2D eigenvalue weighted by molar-refractivity contribution is 5.51. The molecule has 0 saturated carbocycles. The van der Waals surface area contributed by atoms with Crippen molar-refractivity contribution in [1.82, 2.24) is 4.90 Å². The van der Waals surface area contributed by atoms with E-state index in [0.717, 1.165) is 25.9 Å². The Morgan fingerprint density at radius 2 is 2.06 bits per heavy atom. The number of piperidine rings is 1. The topological polar surface area (TPSA) is 58.7 Å². The summed E-state index contributed by atoms with van der Waals surface area (Å²) >= 11 is 0. The van der Waals surface area contributed by atoms with Crippen molar-refractivity contribution >= 4 is 5.69 Å². The van der Waals surface area contributed by atoms with Gasteiger partial charge in [-0.2, -0.15) is 0 Å². The minimum atomic E-state index is 0.124. The smallest absolute Gasteiger partial charge is 0.161 e. The Morgan fingerprint density at radius 3 is 2.69 bits per heavy atom. The molecule has 1 aliphatic heterocycles. The average molecular weight is 222 g/mol. The van der Waals surface area contributed by atoms with Gasteiger partial charge < -0.3 is 20.5 Å². The highest BCUT2D eigenvalue weighted by Crippen LogP contribution is 2.30. The van der Waals surface area contributed by atoms with E-state index in [9.17, 15) is 5.11 Å². The molecule has 1 saturated heterocycles. The molecule has 4 heteroatoms. The second kappa shape index (κ2) is 4.61. The molecule has 0 bridgehead atoms. The van der Waals surface area contributed by atoms with Gasteiger partial charge in [-0.05, 0) is 32.0 Å². The number of benzene rings is 1. The summed E-state index contributed by atoms with van der Waals surface area (Å²) in [5.74, 6) is 0.655. The quantitative estimate of drug-likeness (QED) is 0.743. The minimum Gasteiger partial charge on any atom is -0.504 e. The van der Waals surface area contributed by atoms with E-state index in [1.807, 2.05) is 0 Å². The molecular formula is C12H18N2O2. The van der Waals surface area contributed by atoms with E-state index in [4.69, 9.17) is 10.5 Å². The maximum Gasteiger partial charge on any atom is 0.161 e. The molecule has 1 aliphatic rings. The monoisotopic (exact) mass is 222 g/mol. The average Bonchev–Trinajstić information content (AvgIpc) is 2.25. The van der Waals surface area contributed by atoms with Gasteiger partial charge in [-0.3, -0.25) is 0 Å². The maximum absolute atomic E-state index is 9.66. The highest BCUT2D eigenvalue weighted by atomic mass is 16.5. The van der Waals surface area contributed by atoms with Crippen LogP contribution in [0.5, 0.6) is 11.5 Å². The van der Waals surface area contributed by atoms with Crippen LogP contribution in [0.3, 0.4) is 0 Å².